The van der Waals surface area contributed by atoms with Crippen molar-refractivity contribution in [1.29, 1.82) is 0 Å². The molecule has 2 aliphatic carbocycles. The number of ether oxygens (including phenoxy) is 1. The van der Waals surface area contributed by atoms with Gasteiger partial charge in [-0.25, -0.2) is 4.79 Å². The number of hydrogen-bond acceptors (Lipinski definition) is 5. The zero-order valence-corrected chi connectivity index (χ0v) is 19.1. The first kappa shape index (κ1) is 22.3. The van der Waals surface area contributed by atoms with Gasteiger partial charge in [-0.2, -0.15) is 0 Å². The van der Waals surface area contributed by atoms with Crippen LogP contribution in [-0.4, -0.2) is 41.2 Å². The van der Waals surface area contributed by atoms with Gasteiger partial charge in [-0.15, -0.1) is 0 Å². The number of benzene rings is 2. The van der Waals surface area contributed by atoms with Gasteiger partial charge in [0.2, 0.25) is 11.8 Å². The van der Waals surface area contributed by atoms with E-state index in [1.165, 1.54) is 0 Å². The van der Waals surface area contributed by atoms with Crippen LogP contribution in [0.15, 0.2) is 54.6 Å². The van der Waals surface area contributed by atoms with E-state index in [9.17, 15) is 19.2 Å². The molecule has 1 heterocycles. The Morgan fingerprint density at radius 2 is 1.68 bits per heavy atom. The fourth-order valence-corrected chi connectivity index (χ4v) is 6.01. The van der Waals surface area contributed by atoms with Gasteiger partial charge in [0.15, 0.2) is 6.61 Å². The highest BCUT2D eigenvalue weighted by molar-refractivity contribution is 6.08. The molecule has 5 rings (SSSR count). The van der Waals surface area contributed by atoms with E-state index in [0.29, 0.717) is 5.69 Å². The Hall–Kier alpha value is -3.48. The van der Waals surface area contributed by atoms with Crippen LogP contribution in [0.25, 0.3) is 0 Å². The van der Waals surface area contributed by atoms with Crippen LogP contribution in [0, 0.1) is 30.6 Å². The predicted octanol–water partition coefficient (Wildman–Crippen LogP) is 3.12. The Morgan fingerprint density at radius 1 is 1.00 bits per heavy atom. The molecule has 0 aromatic heterocycles. The Balaban J connectivity index is 1.32. The lowest BCUT2D eigenvalue weighted by atomic mass is 9.81. The number of amides is 3. The third-order valence-electron chi connectivity index (χ3n) is 7.46. The van der Waals surface area contributed by atoms with Gasteiger partial charge in [0.05, 0.1) is 11.8 Å². The molecular formula is C27H28N2O5. The van der Waals surface area contributed by atoms with E-state index in [1.807, 2.05) is 55.5 Å². The van der Waals surface area contributed by atoms with E-state index in [0.717, 1.165) is 35.3 Å². The summed E-state index contributed by atoms with van der Waals surface area (Å²) in [4.78, 5) is 53.4. The highest BCUT2D eigenvalue weighted by Crippen LogP contribution is 2.56. The van der Waals surface area contributed by atoms with Crippen LogP contribution < -0.4 is 5.32 Å². The van der Waals surface area contributed by atoms with Gasteiger partial charge in [-0.05, 0) is 61.3 Å². The van der Waals surface area contributed by atoms with Crippen molar-refractivity contribution in [3.63, 3.8) is 0 Å². The maximum atomic E-state index is 13.4. The van der Waals surface area contributed by atoms with Crippen LogP contribution in [0.5, 0.6) is 0 Å². The highest BCUT2D eigenvalue weighted by atomic mass is 16.5. The lowest BCUT2D eigenvalue weighted by molar-refractivity contribution is -0.160. The van der Waals surface area contributed by atoms with Gasteiger partial charge in [0, 0.05) is 12.1 Å². The van der Waals surface area contributed by atoms with Gasteiger partial charge in [-0.1, -0.05) is 42.5 Å². The number of nitrogens with zero attached hydrogens (tertiary/aromatic N) is 1. The molecule has 1 saturated heterocycles. The van der Waals surface area contributed by atoms with Crippen molar-refractivity contribution in [3.05, 3.63) is 65.7 Å². The highest BCUT2D eigenvalue weighted by Gasteiger charge is 2.62. The number of hydrogen-bond donors (Lipinski definition) is 1. The van der Waals surface area contributed by atoms with Crippen LogP contribution in [0.2, 0.25) is 0 Å². The minimum Gasteiger partial charge on any atom is -0.454 e. The van der Waals surface area contributed by atoms with Gasteiger partial charge in [0.25, 0.3) is 5.91 Å². The van der Waals surface area contributed by atoms with Crippen molar-refractivity contribution < 1.29 is 23.9 Å². The van der Waals surface area contributed by atoms with Crippen molar-refractivity contribution in [2.75, 3.05) is 11.9 Å². The molecule has 3 fully saturated rings. The van der Waals surface area contributed by atoms with Crippen molar-refractivity contribution in [2.24, 2.45) is 23.7 Å². The molecule has 0 unspecified atom stereocenters. The number of nitrogens with one attached hydrogen (secondary N) is 1. The van der Waals surface area contributed by atoms with Gasteiger partial charge >= 0.3 is 5.97 Å². The maximum Gasteiger partial charge on any atom is 0.330 e. The number of esters is 1. The molecule has 176 valence electrons. The molecule has 1 N–H and O–H groups in total. The first-order valence-electron chi connectivity index (χ1n) is 11.9. The normalized spacial score (nSPS) is 25.9. The second-order valence-electron chi connectivity index (χ2n) is 9.66. The van der Waals surface area contributed by atoms with E-state index >= 15 is 0 Å². The molecule has 3 amide bonds. The summed E-state index contributed by atoms with van der Waals surface area (Å²) in [5, 5.41) is 2.70. The number of carbonyl (C=O) groups excluding carboxylic acids is 4. The van der Waals surface area contributed by atoms with E-state index in [2.05, 4.69) is 5.32 Å². The number of likely N-dealkylation sites (tertiary alicyclic amines) is 1. The number of fused-ring (bicyclic) bond motifs is 5. The molecule has 0 radical (unpaired) electrons. The molecule has 2 saturated carbocycles. The molecule has 7 heteroatoms. The summed E-state index contributed by atoms with van der Waals surface area (Å²) >= 11 is 0. The van der Waals surface area contributed by atoms with Crippen LogP contribution in [0.1, 0.15) is 30.4 Å². The van der Waals surface area contributed by atoms with Crippen LogP contribution in [-0.2, 0) is 30.3 Å². The minimum atomic E-state index is -1.08. The van der Waals surface area contributed by atoms with Crippen LogP contribution in [0.3, 0.4) is 0 Å². The number of imide groups is 1. The molecule has 3 aliphatic rings. The first-order valence-corrected chi connectivity index (χ1v) is 11.9. The summed E-state index contributed by atoms with van der Waals surface area (Å²) in [5.41, 5.74) is 2.41. The summed E-state index contributed by atoms with van der Waals surface area (Å²) in [7, 11) is 0. The quantitative estimate of drug-likeness (QED) is 0.506. The number of aryl methyl sites for hydroxylation is 1. The zero-order chi connectivity index (χ0) is 23.8. The van der Waals surface area contributed by atoms with E-state index < -0.39 is 24.5 Å². The number of carbonyl (C=O) groups is 4. The fraction of sp³-hybridized carbons (Fsp3) is 0.407. The monoisotopic (exact) mass is 460 g/mol. The second kappa shape index (κ2) is 9.05. The standard InChI is InChI=1S/C27H28N2O5/c1-16-6-5-9-20(12-16)28-22(30)15-34-27(33)21(13-17-7-3-2-4-8-17)29-25(31)23-18-10-11-19(14-18)24(23)26(29)32/h2-9,12,18-19,21,23-24H,10-11,13-15H2,1H3,(H,28,30)/t18-,19-,21+,23-,24+/m0/s1. The van der Waals surface area contributed by atoms with E-state index in [1.54, 1.807) is 6.07 Å². The maximum absolute atomic E-state index is 13.4. The molecule has 2 aromatic carbocycles. The zero-order valence-electron chi connectivity index (χ0n) is 19.1. The topological polar surface area (TPSA) is 92.8 Å². The van der Waals surface area contributed by atoms with E-state index in [-0.39, 0.29) is 41.9 Å². The van der Waals surface area contributed by atoms with Crippen LogP contribution in [0.4, 0.5) is 5.69 Å². The Bertz CT molecular complexity index is 1100. The van der Waals surface area contributed by atoms with Crippen molar-refractivity contribution >= 4 is 29.4 Å². The Morgan fingerprint density at radius 3 is 2.32 bits per heavy atom. The molecule has 7 nitrogen and oxygen atoms in total. The van der Waals surface area contributed by atoms with Crippen LogP contribution >= 0.6 is 0 Å². The lowest BCUT2D eigenvalue weighted by Crippen LogP contribution is -2.48. The molecular weight excluding hydrogens is 432 g/mol. The van der Waals surface area contributed by atoms with Gasteiger partial charge < -0.3 is 10.1 Å². The lowest BCUT2D eigenvalue weighted by Gasteiger charge is -2.26. The summed E-state index contributed by atoms with van der Waals surface area (Å²) in [6.45, 7) is 1.42. The first-order chi connectivity index (χ1) is 16.4. The molecule has 0 spiro atoms. The van der Waals surface area contributed by atoms with Gasteiger partial charge in [-0.3, -0.25) is 19.3 Å². The fourth-order valence-electron chi connectivity index (χ4n) is 6.01. The summed E-state index contributed by atoms with van der Waals surface area (Å²) < 4.78 is 5.34. The predicted molar refractivity (Wildman–Crippen MR) is 124 cm³/mol. The number of rotatable bonds is 7. The minimum absolute atomic E-state index is 0.158. The van der Waals surface area contributed by atoms with Gasteiger partial charge in [0.1, 0.15) is 6.04 Å². The largest absolute Gasteiger partial charge is 0.454 e. The molecule has 5 atom stereocenters. The Labute approximate surface area is 198 Å². The smallest absolute Gasteiger partial charge is 0.330 e. The molecule has 2 bridgehead atoms. The SMILES string of the molecule is Cc1cccc(NC(=O)COC(=O)[C@@H](Cc2ccccc2)N2C(=O)[C@@H]3[C@H]4CC[C@@H](C4)[C@@H]3C2=O)c1. The summed E-state index contributed by atoms with van der Waals surface area (Å²) in [6, 6.07) is 15.5. The van der Waals surface area contributed by atoms with Crippen molar-refractivity contribution in [1.82, 2.24) is 4.90 Å². The molecule has 34 heavy (non-hydrogen) atoms. The third kappa shape index (κ3) is 4.11. The van der Waals surface area contributed by atoms with Crippen molar-refractivity contribution in [3.8, 4) is 0 Å². The molecule has 1 aliphatic heterocycles. The van der Waals surface area contributed by atoms with E-state index in [4.69, 9.17) is 4.74 Å². The average Bonchev–Trinajstić information content (AvgIpc) is 3.51. The Kier molecular flexibility index (Phi) is 5.94. The average molecular weight is 461 g/mol. The summed E-state index contributed by atoms with van der Waals surface area (Å²) in [6.07, 6.45) is 3.01. The third-order valence-corrected chi connectivity index (χ3v) is 7.46. The molecule has 2 aromatic rings. The second-order valence-corrected chi connectivity index (χ2v) is 9.66. The van der Waals surface area contributed by atoms with Crippen molar-refractivity contribution in [2.45, 2.75) is 38.6 Å². The number of anilines is 1. The summed E-state index contributed by atoms with van der Waals surface area (Å²) in [5.74, 6) is -1.92.